The maximum absolute atomic E-state index is 10.3. The van der Waals surface area contributed by atoms with Gasteiger partial charge in [0.1, 0.15) is 6.10 Å². The highest BCUT2D eigenvalue weighted by atomic mass is 79.9. The molecule has 2 aromatic heterocycles. The van der Waals surface area contributed by atoms with Crippen LogP contribution in [-0.2, 0) is 7.05 Å². The van der Waals surface area contributed by atoms with E-state index in [1.807, 2.05) is 13.0 Å². The van der Waals surface area contributed by atoms with Gasteiger partial charge >= 0.3 is 0 Å². The number of hydrogen-bond acceptors (Lipinski definition) is 3. The van der Waals surface area contributed by atoms with Gasteiger partial charge in [0.05, 0.1) is 16.4 Å². The second-order valence-electron chi connectivity index (χ2n) is 3.64. The standard InChI is InChI=1S/C11H12BrN3O/c1-7-5-13-4-3-8(7)11(16)10-9(12)6-14-15(10)2/h3-6,11,16H,1-2H3. The number of aliphatic hydroxyl groups excluding tert-OH is 1. The molecule has 1 N–H and O–H groups in total. The van der Waals surface area contributed by atoms with Crippen LogP contribution in [0, 0.1) is 6.92 Å². The molecule has 0 radical (unpaired) electrons. The monoisotopic (exact) mass is 281 g/mol. The molecule has 84 valence electrons. The van der Waals surface area contributed by atoms with E-state index in [9.17, 15) is 5.11 Å². The highest BCUT2D eigenvalue weighted by Crippen LogP contribution is 2.29. The van der Waals surface area contributed by atoms with Crippen molar-refractivity contribution in [2.45, 2.75) is 13.0 Å². The van der Waals surface area contributed by atoms with Gasteiger partial charge in [-0.05, 0) is 40.0 Å². The van der Waals surface area contributed by atoms with Gasteiger partial charge in [0, 0.05) is 19.4 Å². The number of aryl methyl sites for hydroxylation is 2. The Morgan fingerprint density at radius 1 is 1.44 bits per heavy atom. The van der Waals surface area contributed by atoms with Crippen LogP contribution in [0.1, 0.15) is 22.9 Å². The molecule has 1 atom stereocenters. The largest absolute Gasteiger partial charge is 0.382 e. The van der Waals surface area contributed by atoms with Crippen molar-refractivity contribution in [3.8, 4) is 0 Å². The molecule has 16 heavy (non-hydrogen) atoms. The number of pyridine rings is 1. The molecule has 0 bridgehead atoms. The summed E-state index contributed by atoms with van der Waals surface area (Å²) in [6.45, 7) is 1.93. The summed E-state index contributed by atoms with van der Waals surface area (Å²) in [7, 11) is 1.81. The molecule has 0 fully saturated rings. The van der Waals surface area contributed by atoms with Crippen LogP contribution < -0.4 is 0 Å². The summed E-state index contributed by atoms with van der Waals surface area (Å²) < 4.78 is 2.47. The lowest BCUT2D eigenvalue weighted by Crippen LogP contribution is -2.08. The van der Waals surface area contributed by atoms with Crippen LogP contribution in [0.4, 0.5) is 0 Å². The fourth-order valence-electron chi connectivity index (χ4n) is 1.67. The van der Waals surface area contributed by atoms with Crippen LogP contribution in [0.2, 0.25) is 0 Å². The minimum absolute atomic E-state index is 0.690. The summed E-state index contributed by atoms with van der Waals surface area (Å²) in [4.78, 5) is 4.01. The molecule has 2 heterocycles. The van der Waals surface area contributed by atoms with Crippen LogP contribution in [0.3, 0.4) is 0 Å². The van der Waals surface area contributed by atoms with Crippen LogP contribution in [-0.4, -0.2) is 19.9 Å². The van der Waals surface area contributed by atoms with Gasteiger partial charge in [0.25, 0.3) is 0 Å². The van der Waals surface area contributed by atoms with Gasteiger partial charge in [-0.15, -0.1) is 0 Å². The van der Waals surface area contributed by atoms with Crippen LogP contribution in [0.5, 0.6) is 0 Å². The lowest BCUT2D eigenvalue weighted by molar-refractivity contribution is 0.208. The Morgan fingerprint density at radius 2 is 2.19 bits per heavy atom. The molecule has 0 aromatic carbocycles. The minimum Gasteiger partial charge on any atom is -0.382 e. The van der Waals surface area contributed by atoms with E-state index in [0.29, 0.717) is 0 Å². The third-order valence-electron chi connectivity index (χ3n) is 2.55. The fourth-order valence-corrected chi connectivity index (χ4v) is 2.23. The van der Waals surface area contributed by atoms with E-state index in [2.05, 4.69) is 26.0 Å². The van der Waals surface area contributed by atoms with E-state index in [4.69, 9.17) is 0 Å². The number of hydrogen-bond donors (Lipinski definition) is 1. The van der Waals surface area contributed by atoms with E-state index in [0.717, 1.165) is 21.3 Å². The van der Waals surface area contributed by atoms with Crippen molar-refractivity contribution in [1.29, 1.82) is 0 Å². The third-order valence-corrected chi connectivity index (χ3v) is 3.17. The normalized spacial score (nSPS) is 12.8. The zero-order valence-electron chi connectivity index (χ0n) is 9.05. The van der Waals surface area contributed by atoms with E-state index < -0.39 is 6.10 Å². The second kappa shape index (κ2) is 4.35. The Kier molecular flexibility index (Phi) is 3.07. The van der Waals surface area contributed by atoms with E-state index >= 15 is 0 Å². The molecule has 4 nitrogen and oxygen atoms in total. The van der Waals surface area contributed by atoms with Crippen molar-refractivity contribution in [2.75, 3.05) is 0 Å². The lowest BCUT2D eigenvalue weighted by atomic mass is 10.0. The third kappa shape index (κ3) is 1.88. The van der Waals surface area contributed by atoms with Crippen LogP contribution >= 0.6 is 15.9 Å². The quantitative estimate of drug-likeness (QED) is 0.916. The summed E-state index contributed by atoms with van der Waals surface area (Å²) in [5.74, 6) is 0. The molecule has 2 aromatic rings. The van der Waals surface area contributed by atoms with Crippen molar-refractivity contribution in [1.82, 2.24) is 14.8 Å². The molecular weight excluding hydrogens is 270 g/mol. The van der Waals surface area contributed by atoms with E-state index in [1.54, 1.807) is 30.3 Å². The van der Waals surface area contributed by atoms with Gasteiger partial charge in [-0.3, -0.25) is 9.67 Å². The molecule has 0 saturated carbocycles. The average molecular weight is 282 g/mol. The van der Waals surface area contributed by atoms with Gasteiger partial charge < -0.3 is 5.11 Å². The molecule has 0 amide bonds. The van der Waals surface area contributed by atoms with Crippen molar-refractivity contribution < 1.29 is 5.11 Å². The summed E-state index contributed by atoms with van der Waals surface area (Å²) in [6, 6.07) is 1.82. The average Bonchev–Trinajstić information content (AvgIpc) is 2.58. The fraction of sp³-hybridized carbons (Fsp3) is 0.273. The van der Waals surface area contributed by atoms with E-state index in [-0.39, 0.29) is 0 Å². The number of rotatable bonds is 2. The first-order valence-electron chi connectivity index (χ1n) is 4.87. The molecule has 0 aliphatic rings. The first-order valence-corrected chi connectivity index (χ1v) is 5.66. The smallest absolute Gasteiger partial charge is 0.122 e. The Balaban J connectivity index is 2.47. The Hall–Kier alpha value is -1.20. The summed E-state index contributed by atoms with van der Waals surface area (Å²) >= 11 is 3.38. The Labute approximate surface area is 102 Å². The highest BCUT2D eigenvalue weighted by molar-refractivity contribution is 9.10. The van der Waals surface area contributed by atoms with E-state index in [1.165, 1.54) is 0 Å². The zero-order chi connectivity index (χ0) is 11.7. The zero-order valence-corrected chi connectivity index (χ0v) is 10.6. The topological polar surface area (TPSA) is 50.9 Å². The van der Waals surface area contributed by atoms with Gasteiger partial charge in [-0.25, -0.2) is 0 Å². The summed E-state index contributed by atoms with van der Waals surface area (Å²) in [6.07, 6.45) is 4.40. The predicted octanol–water partition coefficient (Wildman–Crippen LogP) is 1.97. The highest BCUT2D eigenvalue weighted by Gasteiger charge is 2.19. The van der Waals surface area contributed by atoms with Crippen molar-refractivity contribution >= 4 is 15.9 Å². The maximum Gasteiger partial charge on any atom is 0.122 e. The first kappa shape index (κ1) is 11.3. The maximum atomic E-state index is 10.3. The molecule has 1 unspecified atom stereocenters. The second-order valence-corrected chi connectivity index (χ2v) is 4.49. The summed E-state index contributed by atoms with van der Waals surface area (Å²) in [5, 5.41) is 14.4. The number of aliphatic hydroxyl groups is 1. The lowest BCUT2D eigenvalue weighted by Gasteiger charge is -2.14. The van der Waals surface area contributed by atoms with Crippen molar-refractivity contribution in [3.63, 3.8) is 0 Å². The van der Waals surface area contributed by atoms with Crippen molar-refractivity contribution in [2.24, 2.45) is 7.05 Å². The molecule has 2 rings (SSSR count). The molecule has 0 spiro atoms. The van der Waals surface area contributed by atoms with Gasteiger partial charge in [0.15, 0.2) is 0 Å². The number of halogens is 1. The van der Waals surface area contributed by atoms with Gasteiger partial charge in [0.2, 0.25) is 0 Å². The Morgan fingerprint density at radius 3 is 2.75 bits per heavy atom. The van der Waals surface area contributed by atoms with Gasteiger partial charge in [-0.1, -0.05) is 0 Å². The Bertz CT molecular complexity index is 490. The number of nitrogens with zero attached hydrogens (tertiary/aromatic N) is 3. The van der Waals surface area contributed by atoms with Gasteiger partial charge in [-0.2, -0.15) is 5.10 Å². The first-order chi connectivity index (χ1) is 7.61. The predicted molar refractivity (Wildman–Crippen MR) is 63.9 cm³/mol. The molecule has 0 saturated heterocycles. The molecule has 5 heteroatoms. The van der Waals surface area contributed by atoms with Crippen LogP contribution in [0.15, 0.2) is 29.1 Å². The molecule has 0 aliphatic heterocycles. The molecular formula is C11H12BrN3O. The minimum atomic E-state index is -0.690. The van der Waals surface area contributed by atoms with Crippen molar-refractivity contribution in [3.05, 3.63) is 46.0 Å². The van der Waals surface area contributed by atoms with Crippen LogP contribution in [0.25, 0.3) is 0 Å². The summed E-state index contributed by atoms with van der Waals surface area (Å²) in [5.41, 5.74) is 2.55. The SMILES string of the molecule is Cc1cnccc1C(O)c1c(Br)cnn1C. The molecule has 0 aliphatic carbocycles. The number of aromatic nitrogens is 3.